The molecule has 134 valence electrons. The summed E-state index contributed by atoms with van der Waals surface area (Å²) in [6.45, 7) is 4.51. The number of carboxylic acids is 1. The summed E-state index contributed by atoms with van der Waals surface area (Å²) in [5.74, 6) is -2.43. The van der Waals surface area contributed by atoms with Crippen LogP contribution < -0.4 is 10.6 Å². The van der Waals surface area contributed by atoms with Crippen LogP contribution in [0.2, 0.25) is 0 Å². The van der Waals surface area contributed by atoms with Crippen molar-refractivity contribution in [3.63, 3.8) is 0 Å². The normalized spacial score (nSPS) is 14.5. The first-order valence-corrected chi connectivity index (χ1v) is 8.15. The van der Waals surface area contributed by atoms with Gasteiger partial charge in [0.2, 0.25) is 11.8 Å². The van der Waals surface area contributed by atoms with E-state index >= 15 is 0 Å². The van der Waals surface area contributed by atoms with E-state index in [1.807, 2.05) is 30.5 Å². The van der Waals surface area contributed by atoms with Crippen LogP contribution in [0.15, 0.2) is 30.5 Å². The van der Waals surface area contributed by atoms with Crippen molar-refractivity contribution < 1.29 is 19.5 Å². The molecule has 0 aliphatic carbocycles. The number of amides is 2. The van der Waals surface area contributed by atoms with Crippen molar-refractivity contribution in [3.8, 4) is 0 Å². The summed E-state index contributed by atoms with van der Waals surface area (Å²) >= 11 is 0. The van der Waals surface area contributed by atoms with Gasteiger partial charge in [0.15, 0.2) is 0 Å². The van der Waals surface area contributed by atoms with Gasteiger partial charge in [0.05, 0.1) is 5.92 Å². The second-order valence-electron chi connectivity index (χ2n) is 6.24. The molecule has 1 aromatic carbocycles. The second kappa shape index (κ2) is 7.83. The Labute approximate surface area is 145 Å². The lowest BCUT2D eigenvalue weighted by Crippen LogP contribution is -2.51. The van der Waals surface area contributed by atoms with E-state index in [1.165, 1.54) is 13.8 Å². The predicted molar refractivity (Wildman–Crippen MR) is 94.0 cm³/mol. The van der Waals surface area contributed by atoms with E-state index in [0.717, 1.165) is 16.5 Å². The van der Waals surface area contributed by atoms with Crippen LogP contribution in [0.1, 0.15) is 26.3 Å². The molecule has 0 spiro atoms. The van der Waals surface area contributed by atoms with Crippen molar-refractivity contribution in [1.29, 1.82) is 0 Å². The molecule has 4 N–H and O–H groups in total. The van der Waals surface area contributed by atoms with Gasteiger partial charge in [-0.1, -0.05) is 18.2 Å². The number of aromatic amines is 1. The number of H-pyrrole nitrogens is 1. The summed E-state index contributed by atoms with van der Waals surface area (Å²) in [5.41, 5.74) is 1.86. The van der Waals surface area contributed by atoms with Crippen LogP contribution in [0.25, 0.3) is 10.9 Å². The van der Waals surface area contributed by atoms with Gasteiger partial charge in [-0.15, -0.1) is 0 Å². The number of aliphatic carboxylic acids is 1. The zero-order valence-corrected chi connectivity index (χ0v) is 14.5. The number of carbonyl (C=O) groups excluding carboxylic acids is 2. The van der Waals surface area contributed by atoms with E-state index in [2.05, 4.69) is 15.6 Å². The summed E-state index contributed by atoms with van der Waals surface area (Å²) in [5, 5.41) is 15.4. The number of hydrogen-bond donors (Lipinski definition) is 4. The Bertz CT molecular complexity index is 783. The van der Waals surface area contributed by atoms with Crippen LogP contribution >= 0.6 is 0 Å². The van der Waals surface area contributed by atoms with Gasteiger partial charge < -0.3 is 20.7 Å². The molecule has 7 heteroatoms. The largest absolute Gasteiger partial charge is 0.481 e. The smallest absolute Gasteiger partial charge is 0.308 e. The van der Waals surface area contributed by atoms with Crippen LogP contribution in [0.4, 0.5) is 0 Å². The second-order valence-corrected chi connectivity index (χ2v) is 6.24. The lowest BCUT2D eigenvalue weighted by Gasteiger charge is -2.22. The first-order valence-electron chi connectivity index (χ1n) is 8.15. The molecule has 0 bridgehead atoms. The Morgan fingerprint density at radius 2 is 1.84 bits per heavy atom. The van der Waals surface area contributed by atoms with E-state index in [9.17, 15) is 14.4 Å². The first-order chi connectivity index (χ1) is 11.8. The summed E-state index contributed by atoms with van der Waals surface area (Å²) in [6, 6.07) is 6.37. The molecule has 2 aromatic rings. The van der Waals surface area contributed by atoms with Crippen molar-refractivity contribution >= 4 is 28.7 Å². The van der Waals surface area contributed by atoms with Crippen molar-refractivity contribution in [3.05, 3.63) is 36.0 Å². The molecule has 2 amide bonds. The van der Waals surface area contributed by atoms with Crippen molar-refractivity contribution in [2.24, 2.45) is 5.92 Å². The van der Waals surface area contributed by atoms with Crippen LogP contribution in [0.5, 0.6) is 0 Å². The van der Waals surface area contributed by atoms with Gasteiger partial charge in [0.1, 0.15) is 6.04 Å². The molecular weight excluding hydrogens is 322 g/mol. The van der Waals surface area contributed by atoms with E-state index in [-0.39, 0.29) is 5.91 Å². The average molecular weight is 345 g/mol. The molecule has 3 unspecified atom stereocenters. The number of fused-ring (bicyclic) bond motifs is 1. The zero-order valence-electron chi connectivity index (χ0n) is 14.5. The molecule has 2 rings (SSSR count). The van der Waals surface area contributed by atoms with E-state index < -0.39 is 29.9 Å². The van der Waals surface area contributed by atoms with Crippen molar-refractivity contribution in [1.82, 2.24) is 15.6 Å². The monoisotopic (exact) mass is 345 g/mol. The lowest BCUT2D eigenvalue weighted by molar-refractivity contribution is -0.142. The Morgan fingerprint density at radius 3 is 2.48 bits per heavy atom. The summed E-state index contributed by atoms with van der Waals surface area (Å²) < 4.78 is 0. The number of carboxylic acid groups (broad SMARTS) is 1. The van der Waals surface area contributed by atoms with E-state index in [4.69, 9.17) is 5.11 Å². The van der Waals surface area contributed by atoms with Crippen LogP contribution in [-0.4, -0.2) is 40.0 Å². The van der Waals surface area contributed by atoms with Crippen LogP contribution in [0, 0.1) is 5.92 Å². The number of rotatable bonds is 7. The van der Waals surface area contributed by atoms with Gasteiger partial charge in [-0.05, 0) is 25.5 Å². The molecule has 7 nitrogen and oxygen atoms in total. The van der Waals surface area contributed by atoms with Gasteiger partial charge in [-0.25, -0.2) is 0 Å². The fourth-order valence-corrected chi connectivity index (χ4v) is 2.64. The highest BCUT2D eigenvalue weighted by molar-refractivity contribution is 5.89. The number of carbonyl (C=O) groups is 3. The van der Waals surface area contributed by atoms with Crippen LogP contribution in [0.3, 0.4) is 0 Å². The highest BCUT2D eigenvalue weighted by atomic mass is 16.4. The molecule has 0 saturated heterocycles. The highest BCUT2D eigenvalue weighted by Crippen LogP contribution is 2.19. The van der Waals surface area contributed by atoms with Crippen molar-refractivity contribution in [2.45, 2.75) is 39.3 Å². The SMILES string of the molecule is CC(=O)NC(Cc1c[nH]c2ccccc12)C(=O)NC(C)C(C)C(=O)O. The third kappa shape index (κ3) is 4.59. The zero-order chi connectivity index (χ0) is 18.6. The maximum Gasteiger partial charge on any atom is 0.308 e. The average Bonchev–Trinajstić information content (AvgIpc) is 2.96. The molecule has 1 aromatic heterocycles. The Balaban J connectivity index is 2.16. The first kappa shape index (κ1) is 18.5. The molecular formula is C18H23N3O4. The summed E-state index contributed by atoms with van der Waals surface area (Å²) in [6.07, 6.45) is 2.12. The van der Waals surface area contributed by atoms with Crippen molar-refractivity contribution in [2.75, 3.05) is 0 Å². The topological polar surface area (TPSA) is 111 Å². The molecule has 1 heterocycles. The maximum absolute atomic E-state index is 12.5. The van der Waals surface area contributed by atoms with Gasteiger partial charge >= 0.3 is 5.97 Å². The Hall–Kier alpha value is -2.83. The minimum absolute atomic E-state index is 0.309. The summed E-state index contributed by atoms with van der Waals surface area (Å²) in [4.78, 5) is 38.2. The third-order valence-electron chi connectivity index (χ3n) is 4.30. The number of nitrogens with one attached hydrogen (secondary N) is 3. The predicted octanol–water partition coefficient (Wildman–Crippen LogP) is 1.44. The molecule has 0 aliphatic rings. The summed E-state index contributed by atoms with van der Waals surface area (Å²) in [7, 11) is 0. The van der Waals surface area contributed by atoms with E-state index in [1.54, 1.807) is 6.92 Å². The fourth-order valence-electron chi connectivity index (χ4n) is 2.64. The molecule has 25 heavy (non-hydrogen) atoms. The fraction of sp³-hybridized carbons (Fsp3) is 0.389. The standard InChI is InChI=1S/C18H23N3O4/c1-10(18(24)25)11(2)20-17(23)16(21-12(3)22)8-13-9-19-15-7-5-4-6-14(13)15/h4-7,9-11,16,19H,8H2,1-3H3,(H,20,23)(H,21,22)(H,24,25). The molecule has 3 atom stereocenters. The van der Waals surface area contributed by atoms with Crippen LogP contribution in [-0.2, 0) is 20.8 Å². The number of para-hydroxylation sites is 1. The number of hydrogen-bond acceptors (Lipinski definition) is 3. The van der Waals surface area contributed by atoms with Gasteiger partial charge in [-0.3, -0.25) is 14.4 Å². The number of benzene rings is 1. The molecule has 0 saturated carbocycles. The highest BCUT2D eigenvalue weighted by Gasteiger charge is 2.26. The van der Waals surface area contributed by atoms with Gasteiger partial charge in [0.25, 0.3) is 0 Å². The molecule has 0 radical (unpaired) electrons. The Kier molecular flexibility index (Phi) is 5.80. The van der Waals surface area contributed by atoms with Gasteiger partial charge in [-0.2, -0.15) is 0 Å². The van der Waals surface area contributed by atoms with Gasteiger partial charge in [0, 0.05) is 36.5 Å². The molecule has 0 aliphatic heterocycles. The lowest BCUT2D eigenvalue weighted by atomic mass is 10.0. The quantitative estimate of drug-likeness (QED) is 0.608. The minimum atomic E-state index is -0.986. The Morgan fingerprint density at radius 1 is 1.16 bits per heavy atom. The maximum atomic E-state index is 12.5. The third-order valence-corrected chi connectivity index (χ3v) is 4.30. The minimum Gasteiger partial charge on any atom is -0.481 e. The molecule has 0 fully saturated rings. The van der Waals surface area contributed by atoms with E-state index in [0.29, 0.717) is 6.42 Å². The number of aromatic nitrogens is 1.